The molecule has 0 radical (unpaired) electrons. The van der Waals surface area contributed by atoms with Gasteiger partial charge in [-0.2, -0.15) is 42.1 Å². The van der Waals surface area contributed by atoms with Crippen LogP contribution in [-0.4, -0.2) is 159 Å². The summed E-state index contributed by atoms with van der Waals surface area (Å²) in [6.07, 6.45) is 56.0. The summed E-state index contributed by atoms with van der Waals surface area (Å²) in [5, 5.41) is 16.0. The van der Waals surface area contributed by atoms with E-state index in [0.717, 1.165) is 64.8 Å². The van der Waals surface area contributed by atoms with Gasteiger partial charge in [0.05, 0.1) is 28.8 Å². The molecule has 20 nitrogen and oxygen atoms in total. The van der Waals surface area contributed by atoms with Crippen molar-refractivity contribution in [3.63, 3.8) is 0 Å². The van der Waals surface area contributed by atoms with Crippen molar-refractivity contribution in [3.8, 4) is 0 Å². The molecule has 0 aliphatic heterocycles. The van der Waals surface area contributed by atoms with Crippen LogP contribution in [0.25, 0.3) is 0 Å². The standard InChI is InChI=1S/C16H35NO3S.C14H31NO3S.C13H29NO3S.C12H27NO3S.C11H25NO3S/c1-2-3-4-5-6-7-8-9-10-11-12-14-17-15-13-16-21(18,19)20;1-2-3-4-5-6-7-8-9-10-12-15-13-11-14-19(16,17)18;1-2-3-4-5-6-7-8-9-11-14-12-10-13-18(15,16)17;1-2-3-4-5-6-7-8-10-13-11-9-12-17(14,15)16;1-2-3-4-5-6-7-9-12-10-8-11-16(13,14)15/h17H,2-16H2,1H3,(H,18,19,20);15H,2-14H2,1H3,(H,16,17,18);14H,2-13H2,1H3,(H,15,16,17);13H,2-12H2,1H3,(H,14,15,16);12H,2-11H2,1H3,(H,13,14,15). The lowest BCUT2D eigenvalue weighted by molar-refractivity contribution is 0.477. The third-order valence-electron chi connectivity index (χ3n) is 15.1. The van der Waals surface area contributed by atoms with Gasteiger partial charge in [0, 0.05) is 0 Å². The molecule has 0 aliphatic carbocycles. The van der Waals surface area contributed by atoms with Crippen molar-refractivity contribution in [2.45, 2.75) is 330 Å². The van der Waals surface area contributed by atoms with Crippen LogP contribution in [0.1, 0.15) is 330 Å². The lowest BCUT2D eigenvalue weighted by Crippen LogP contribution is -2.19. The van der Waals surface area contributed by atoms with E-state index in [1.54, 1.807) is 0 Å². The number of unbranched alkanes of at least 4 members (excludes halogenated alkanes) is 36. The van der Waals surface area contributed by atoms with E-state index < -0.39 is 50.6 Å². The first-order valence-electron chi connectivity index (χ1n) is 36.6. The summed E-state index contributed by atoms with van der Waals surface area (Å²) in [5.41, 5.74) is 0. The molecule has 0 aromatic heterocycles. The van der Waals surface area contributed by atoms with Crippen molar-refractivity contribution >= 4 is 50.6 Å². The second-order valence-corrected chi connectivity index (χ2v) is 32.5. The Bertz CT molecular complexity index is 1990. The van der Waals surface area contributed by atoms with E-state index in [2.05, 4.69) is 61.2 Å². The first-order chi connectivity index (χ1) is 43.3. The lowest BCUT2D eigenvalue weighted by atomic mass is 10.1. The maximum atomic E-state index is 10.5. The Morgan fingerprint density at radius 1 is 0.165 bits per heavy atom. The predicted molar refractivity (Wildman–Crippen MR) is 387 cm³/mol. The number of rotatable bonds is 66. The summed E-state index contributed by atoms with van der Waals surface area (Å²) in [6, 6.07) is 0. The summed E-state index contributed by atoms with van der Waals surface area (Å²) in [6.45, 7) is 19.2. The van der Waals surface area contributed by atoms with Crippen molar-refractivity contribution in [2.75, 3.05) is 94.2 Å². The van der Waals surface area contributed by atoms with Crippen molar-refractivity contribution in [1.82, 2.24) is 26.6 Å². The normalized spacial score (nSPS) is 11.9. The van der Waals surface area contributed by atoms with Gasteiger partial charge in [0.2, 0.25) is 0 Å². The van der Waals surface area contributed by atoms with Crippen LogP contribution < -0.4 is 26.6 Å². The van der Waals surface area contributed by atoms with Crippen molar-refractivity contribution in [2.24, 2.45) is 0 Å². The van der Waals surface area contributed by atoms with E-state index in [9.17, 15) is 42.1 Å². The SMILES string of the molecule is CCCCCCCCCCCCCNCCCS(=O)(=O)O.CCCCCCCCCCCNCCCS(=O)(=O)O.CCCCCCCCCCNCCCS(=O)(=O)O.CCCCCCCCCNCCCS(=O)(=O)O.CCCCCCCCNCCCS(=O)(=O)O. The second-order valence-electron chi connectivity index (χ2n) is 24.7. The molecule has 0 unspecified atom stereocenters. The van der Waals surface area contributed by atoms with Gasteiger partial charge < -0.3 is 26.6 Å². The summed E-state index contributed by atoms with van der Waals surface area (Å²) in [5.74, 6) is -0.707. The van der Waals surface area contributed by atoms with Gasteiger partial charge in [-0.25, -0.2) is 0 Å². The molecule has 0 atom stereocenters. The fraction of sp³-hybridized carbons (Fsp3) is 1.00. The van der Waals surface area contributed by atoms with Gasteiger partial charge >= 0.3 is 0 Å². The smallest absolute Gasteiger partial charge is 0.264 e. The molecular weight excluding hydrogens is 1260 g/mol. The van der Waals surface area contributed by atoms with Gasteiger partial charge in [-0.3, -0.25) is 22.8 Å². The fourth-order valence-electron chi connectivity index (χ4n) is 9.62. The molecule has 0 heterocycles. The Hall–Kier alpha value is -0.650. The summed E-state index contributed by atoms with van der Waals surface area (Å²) in [4.78, 5) is 0. The average Bonchev–Trinajstić information content (AvgIpc) is 3.62. The molecule has 0 fully saturated rings. The van der Waals surface area contributed by atoms with Gasteiger partial charge in [0.25, 0.3) is 50.6 Å². The highest BCUT2D eigenvalue weighted by molar-refractivity contribution is 7.86. The van der Waals surface area contributed by atoms with E-state index in [4.69, 9.17) is 22.8 Å². The first kappa shape index (κ1) is 99.0. The van der Waals surface area contributed by atoms with E-state index in [1.807, 2.05) is 0 Å². The highest BCUT2D eigenvalue weighted by Gasteiger charge is 2.07. The topological polar surface area (TPSA) is 332 Å². The minimum absolute atomic E-state index is 0.141. The Kier molecular flexibility index (Phi) is 83.5. The van der Waals surface area contributed by atoms with Gasteiger partial charge in [-0.1, -0.05) is 266 Å². The summed E-state index contributed by atoms with van der Waals surface area (Å²) >= 11 is 0. The molecule has 0 aromatic carbocycles. The van der Waals surface area contributed by atoms with Crippen LogP contribution in [0.15, 0.2) is 0 Å². The molecule has 0 aromatic rings. The Morgan fingerprint density at radius 2 is 0.264 bits per heavy atom. The van der Waals surface area contributed by atoms with Crippen LogP contribution in [0, 0.1) is 0 Å². The minimum Gasteiger partial charge on any atom is -0.317 e. The average molecular weight is 1410 g/mol. The Morgan fingerprint density at radius 3 is 0.374 bits per heavy atom. The Labute approximate surface area is 562 Å². The molecule has 91 heavy (non-hydrogen) atoms. The molecule has 0 spiro atoms. The Balaban J connectivity index is -0.000000340. The van der Waals surface area contributed by atoms with Gasteiger partial charge in [-0.05, 0) is 130 Å². The lowest BCUT2D eigenvalue weighted by Gasteiger charge is -2.04. The van der Waals surface area contributed by atoms with Crippen molar-refractivity contribution in [3.05, 3.63) is 0 Å². The largest absolute Gasteiger partial charge is 0.317 e. The van der Waals surface area contributed by atoms with Gasteiger partial charge in [0.15, 0.2) is 0 Å². The number of nitrogens with one attached hydrogen (secondary N) is 5. The van der Waals surface area contributed by atoms with Gasteiger partial charge in [-0.15, -0.1) is 0 Å². The van der Waals surface area contributed by atoms with Crippen LogP contribution >= 0.6 is 0 Å². The zero-order chi connectivity index (χ0) is 69.2. The van der Waals surface area contributed by atoms with Crippen LogP contribution in [0.2, 0.25) is 0 Å². The molecule has 0 saturated heterocycles. The van der Waals surface area contributed by atoms with E-state index in [-0.39, 0.29) is 28.8 Å². The molecule has 10 N–H and O–H groups in total. The highest BCUT2D eigenvalue weighted by Crippen LogP contribution is 2.13. The molecule has 25 heteroatoms. The predicted octanol–water partition coefficient (Wildman–Crippen LogP) is 15.4. The molecule has 0 aliphatic rings. The minimum atomic E-state index is -3.78. The second kappa shape index (κ2) is 76.7. The third kappa shape index (κ3) is 120. The van der Waals surface area contributed by atoms with Gasteiger partial charge in [0.1, 0.15) is 0 Å². The monoisotopic (exact) mass is 1410 g/mol. The molecule has 0 amide bonds. The first-order valence-corrected chi connectivity index (χ1v) is 44.6. The molecule has 556 valence electrons. The third-order valence-corrected chi connectivity index (χ3v) is 19.1. The zero-order valence-corrected chi connectivity index (χ0v) is 63.1. The highest BCUT2D eigenvalue weighted by atomic mass is 32.2. The van der Waals surface area contributed by atoms with E-state index in [0.29, 0.717) is 64.8 Å². The van der Waals surface area contributed by atoms with Crippen LogP contribution in [0.3, 0.4) is 0 Å². The molecule has 0 bridgehead atoms. The summed E-state index contributed by atoms with van der Waals surface area (Å²) in [7, 11) is -18.9. The van der Waals surface area contributed by atoms with Crippen LogP contribution in [-0.2, 0) is 50.6 Å². The fourth-order valence-corrected chi connectivity index (χ4v) is 12.2. The van der Waals surface area contributed by atoms with Crippen LogP contribution in [0.4, 0.5) is 0 Å². The molecule has 0 saturated carbocycles. The molecular formula is C66H147N5O15S5. The van der Waals surface area contributed by atoms with E-state index >= 15 is 0 Å². The van der Waals surface area contributed by atoms with E-state index in [1.165, 1.54) is 231 Å². The quantitative estimate of drug-likeness (QED) is 0.0200. The summed E-state index contributed by atoms with van der Waals surface area (Å²) < 4.78 is 147. The maximum Gasteiger partial charge on any atom is 0.264 e. The van der Waals surface area contributed by atoms with Crippen molar-refractivity contribution in [1.29, 1.82) is 0 Å². The molecule has 0 rings (SSSR count). The maximum absolute atomic E-state index is 10.5. The van der Waals surface area contributed by atoms with Crippen molar-refractivity contribution < 1.29 is 64.9 Å². The zero-order valence-electron chi connectivity index (χ0n) is 59.0. The number of hydrogen-bond donors (Lipinski definition) is 10. The van der Waals surface area contributed by atoms with Crippen LogP contribution in [0.5, 0.6) is 0 Å². The number of hydrogen-bond acceptors (Lipinski definition) is 15.